The SMILES string of the molecule is Cc1ccc(Cl)c(NS(=O)(=O)c2cc(N)ccc2Cl)c1. The molecule has 0 aliphatic carbocycles. The van der Waals surface area contributed by atoms with Crippen LogP contribution in [0.25, 0.3) is 0 Å². The fraction of sp³-hybridized carbons (Fsp3) is 0.0769. The number of hydrogen-bond donors (Lipinski definition) is 2. The number of aryl methyl sites for hydroxylation is 1. The van der Waals surface area contributed by atoms with Crippen LogP contribution < -0.4 is 10.5 Å². The smallest absolute Gasteiger partial charge is 0.263 e. The van der Waals surface area contributed by atoms with Crippen molar-refractivity contribution in [3.63, 3.8) is 0 Å². The molecule has 0 bridgehead atoms. The summed E-state index contributed by atoms with van der Waals surface area (Å²) in [5.74, 6) is 0. The molecule has 3 N–H and O–H groups in total. The topological polar surface area (TPSA) is 72.2 Å². The van der Waals surface area contributed by atoms with Gasteiger partial charge in [-0.3, -0.25) is 4.72 Å². The molecular weight excluding hydrogens is 319 g/mol. The highest BCUT2D eigenvalue weighted by Crippen LogP contribution is 2.29. The highest BCUT2D eigenvalue weighted by molar-refractivity contribution is 7.92. The van der Waals surface area contributed by atoms with E-state index >= 15 is 0 Å². The number of sulfonamides is 1. The second kappa shape index (κ2) is 5.52. The first-order valence-corrected chi connectivity index (χ1v) is 7.87. The van der Waals surface area contributed by atoms with Gasteiger partial charge >= 0.3 is 0 Å². The average Bonchev–Trinajstić information content (AvgIpc) is 2.36. The summed E-state index contributed by atoms with van der Waals surface area (Å²) < 4.78 is 27.1. The van der Waals surface area contributed by atoms with Gasteiger partial charge in [0.2, 0.25) is 0 Å². The predicted molar refractivity (Wildman–Crippen MR) is 82.9 cm³/mol. The predicted octanol–water partition coefficient (Wildman–Crippen LogP) is 3.68. The molecule has 7 heteroatoms. The first-order valence-electron chi connectivity index (χ1n) is 5.63. The summed E-state index contributed by atoms with van der Waals surface area (Å²) >= 11 is 11.9. The molecule has 2 rings (SSSR count). The first kappa shape index (κ1) is 15.0. The molecule has 0 atom stereocenters. The van der Waals surface area contributed by atoms with Crippen molar-refractivity contribution in [3.05, 3.63) is 52.0 Å². The molecule has 0 heterocycles. The third-order valence-electron chi connectivity index (χ3n) is 2.61. The summed E-state index contributed by atoms with van der Waals surface area (Å²) in [4.78, 5) is -0.0864. The van der Waals surface area contributed by atoms with Crippen molar-refractivity contribution in [1.82, 2.24) is 0 Å². The maximum atomic E-state index is 12.3. The van der Waals surface area contributed by atoms with Gasteiger partial charge in [0.1, 0.15) is 4.90 Å². The maximum Gasteiger partial charge on any atom is 0.263 e. The molecule has 106 valence electrons. The zero-order chi connectivity index (χ0) is 14.9. The summed E-state index contributed by atoms with van der Waals surface area (Å²) in [6.45, 7) is 1.83. The van der Waals surface area contributed by atoms with E-state index in [-0.39, 0.29) is 9.92 Å². The molecule has 0 amide bonds. The monoisotopic (exact) mass is 330 g/mol. The van der Waals surface area contributed by atoms with E-state index in [0.29, 0.717) is 16.4 Å². The molecule has 0 saturated carbocycles. The highest BCUT2D eigenvalue weighted by atomic mass is 35.5. The van der Waals surface area contributed by atoms with Crippen LogP contribution in [0.1, 0.15) is 5.56 Å². The number of nitrogens with one attached hydrogen (secondary N) is 1. The second-order valence-electron chi connectivity index (χ2n) is 4.28. The lowest BCUT2D eigenvalue weighted by Gasteiger charge is -2.12. The molecule has 0 spiro atoms. The molecule has 0 saturated heterocycles. The number of benzene rings is 2. The lowest BCUT2D eigenvalue weighted by molar-refractivity contribution is 0.601. The van der Waals surface area contributed by atoms with Crippen molar-refractivity contribution in [2.45, 2.75) is 11.8 Å². The van der Waals surface area contributed by atoms with Gasteiger partial charge in [-0.15, -0.1) is 0 Å². The van der Waals surface area contributed by atoms with Crippen LogP contribution in [-0.2, 0) is 10.0 Å². The van der Waals surface area contributed by atoms with Crippen LogP contribution in [0.2, 0.25) is 10.0 Å². The van der Waals surface area contributed by atoms with Gasteiger partial charge in [-0.05, 0) is 42.8 Å². The summed E-state index contributed by atoms with van der Waals surface area (Å²) in [5.41, 5.74) is 7.08. The zero-order valence-electron chi connectivity index (χ0n) is 10.5. The van der Waals surface area contributed by atoms with Crippen LogP contribution in [0.3, 0.4) is 0 Å². The van der Waals surface area contributed by atoms with E-state index in [1.807, 2.05) is 6.92 Å². The molecule has 0 radical (unpaired) electrons. The maximum absolute atomic E-state index is 12.3. The Kier molecular flexibility index (Phi) is 4.13. The molecule has 20 heavy (non-hydrogen) atoms. The molecule has 0 unspecified atom stereocenters. The summed E-state index contributed by atoms with van der Waals surface area (Å²) in [6.07, 6.45) is 0. The van der Waals surface area contributed by atoms with Crippen molar-refractivity contribution in [1.29, 1.82) is 0 Å². The highest BCUT2D eigenvalue weighted by Gasteiger charge is 2.19. The standard InChI is InChI=1S/C13H12Cl2N2O2S/c1-8-2-4-10(14)12(6-8)17-20(18,19)13-7-9(16)3-5-11(13)15/h2-7,17H,16H2,1H3. The van der Waals surface area contributed by atoms with Crippen LogP contribution >= 0.6 is 23.2 Å². The molecule has 2 aromatic rings. The number of halogens is 2. The van der Waals surface area contributed by atoms with Gasteiger partial charge in [0.25, 0.3) is 10.0 Å². The number of hydrogen-bond acceptors (Lipinski definition) is 3. The lowest BCUT2D eigenvalue weighted by atomic mass is 10.2. The van der Waals surface area contributed by atoms with E-state index in [4.69, 9.17) is 28.9 Å². The first-order chi connectivity index (χ1) is 9.29. The summed E-state index contributed by atoms with van der Waals surface area (Å²) in [6, 6.07) is 9.31. The van der Waals surface area contributed by atoms with Crippen molar-refractivity contribution in [3.8, 4) is 0 Å². The Labute approximate surface area is 127 Å². The van der Waals surface area contributed by atoms with Gasteiger partial charge in [-0.2, -0.15) is 0 Å². The Hall–Kier alpha value is -1.43. The Morgan fingerprint density at radius 1 is 1.05 bits per heavy atom. The largest absolute Gasteiger partial charge is 0.399 e. The Balaban J connectivity index is 2.46. The molecule has 4 nitrogen and oxygen atoms in total. The Morgan fingerprint density at radius 3 is 2.40 bits per heavy atom. The van der Waals surface area contributed by atoms with Crippen LogP contribution in [0.15, 0.2) is 41.3 Å². The number of nitrogen functional groups attached to an aromatic ring is 1. The minimum atomic E-state index is -3.85. The molecule has 2 aromatic carbocycles. The molecule has 0 aliphatic rings. The van der Waals surface area contributed by atoms with E-state index in [1.165, 1.54) is 18.2 Å². The van der Waals surface area contributed by atoms with Gasteiger partial charge in [-0.25, -0.2) is 8.42 Å². The van der Waals surface area contributed by atoms with Gasteiger partial charge in [0, 0.05) is 5.69 Å². The molecule has 0 aromatic heterocycles. The number of nitrogens with two attached hydrogens (primary N) is 1. The molecule has 0 aliphatic heterocycles. The van der Waals surface area contributed by atoms with Crippen molar-refractivity contribution in [2.75, 3.05) is 10.5 Å². The minimum Gasteiger partial charge on any atom is -0.399 e. The van der Waals surface area contributed by atoms with Crippen LogP contribution in [0.5, 0.6) is 0 Å². The molecule has 0 fully saturated rings. The fourth-order valence-corrected chi connectivity index (χ4v) is 3.47. The van der Waals surface area contributed by atoms with Crippen LogP contribution in [0.4, 0.5) is 11.4 Å². The summed E-state index contributed by atoms with van der Waals surface area (Å²) in [7, 11) is -3.85. The van der Waals surface area contributed by atoms with Crippen molar-refractivity contribution < 1.29 is 8.42 Å². The van der Waals surface area contributed by atoms with E-state index in [2.05, 4.69) is 4.72 Å². The van der Waals surface area contributed by atoms with Crippen LogP contribution in [-0.4, -0.2) is 8.42 Å². The van der Waals surface area contributed by atoms with Gasteiger partial charge < -0.3 is 5.73 Å². The number of anilines is 2. The normalized spacial score (nSPS) is 11.3. The Morgan fingerprint density at radius 2 is 1.70 bits per heavy atom. The third-order valence-corrected chi connectivity index (χ3v) is 4.79. The second-order valence-corrected chi connectivity index (χ2v) is 6.74. The van der Waals surface area contributed by atoms with E-state index in [1.54, 1.807) is 18.2 Å². The average molecular weight is 331 g/mol. The summed E-state index contributed by atoms with van der Waals surface area (Å²) in [5, 5.41) is 0.398. The van der Waals surface area contributed by atoms with Crippen molar-refractivity contribution >= 4 is 44.6 Å². The van der Waals surface area contributed by atoms with Crippen LogP contribution in [0, 0.1) is 6.92 Å². The van der Waals surface area contributed by atoms with Gasteiger partial charge in [-0.1, -0.05) is 29.3 Å². The Bertz CT molecular complexity index is 761. The molecular formula is C13H12Cl2N2O2S. The third kappa shape index (κ3) is 3.17. The lowest BCUT2D eigenvalue weighted by Crippen LogP contribution is -2.14. The van der Waals surface area contributed by atoms with E-state index < -0.39 is 10.0 Å². The van der Waals surface area contributed by atoms with Crippen molar-refractivity contribution in [2.24, 2.45) is 0 Å². The van der Waals surface area contributed by atoms with Gasteiger partial charge in [0.15, 0.2) is 0 Å². The van der Waals surface area contributed by atoms with Gasteiger partial charge in [0.05, 0.1) is 15.7 Å². The number of rotatable bonds is 3. The fourth-order valence-electron chi connectivity index (χ4n) is 1.64. The van der Waals surface area contributed by atoms with E-state index in [0.717, 1.165) is 5.56 Å². The quantitative estimate of drug-likeness (QED) is 0.843. The zero-order valence-corrected chi connectivity index (χ0v) is 12.9. The van der Waals surface area contributed by atoms with E-state index in [9.17, 15) is 8.42 Å². The minimum absolute atomic E-state index is 0.0864.